The Labute approximate surface area is 164 Å². The van der Waals surface area contributed by atoms with Crippen LogP contribution in [0.2, 0.25) is 0 Å². The smallest absolute Gasteiger partial charge is 0.221 e. The highest BCUT2D eigenvalue weighted by Crippen LogP contribution is 2.27. The summed E-state index contributed by atoms with van der Waals surface area (Å²) >= 11 is 0. The largest absolute Gasteiger partial charge is 0.326 e. The Morgan fingerprint density at radius 1 is 1.14 bits per heavy atom. The number of anilines is 1. The summed E-state index contributed by atoms with van der Waals surface area (Å²) in [7, 11) is -7.37. The van der Waals surface area contributed by atoms with Gasteiger partial charge in [0.15, 0.2) is 19.7 Å². The minimum Gasteiger partial charge on any atom is -0.326 e. The van der Waals surface area contributed by atoms with E-state index >= 15 is 0 Å². The second kappa shape index (κ2) is 7.98. The van der Waals surface area contributed by atoms with E-state index in [4.69, 9.17) is 0 Å². The molecule has 0 bridgehead atoms. The van der Waals surface area contributed by atoms with Crippen LogP contribution in [0.25, 0.3) is 0 Å². The Kier molecular flexibility index (Phi) is 5.82. The highest BCUT2D eigenvalue weighted by atomic mass is 32.2. The Balaban J connectivity index is 1.82. The van der Waals surface area contributed by atoms with Crippen molar-refractivity contribution in [2.75, 3.05) is 16.8 Å². The van der Waals surface area contributed by atoms with Crippen molar-refractivity contribution < 1.29 is 21.6 Å². The first-order valence-electron chi connectivity index (χ1n) is 8.63. The second-order valence-corrected chi connectivity index (χ2v) is 11.0. The lowest BCUT2D eigenvalue weighted by Crippen LogP contribution is -2.43. The quantitative estimate of drug-likeness (QED) is 0.703. The van der Waals surface area contributed by atoms with E-state index in [-0.39, 0.29) is 23.1 Å². The van der Waals surface area contributed by atoms with E-state index in [1.54, 1.807) is 24.4 Å². The fourth-order valence-corrected chi connectivity index (χ4v) is 7.87. The van der Waals surface area contributed by atoms with E-state index in [0.29, 0.717) is 11.4 Å². The lowest BCUT2D eigenvalue weighted by molar-refractivity contribution is -0.114. The first-order valence-corrected chi connectivity index (χ1v) is 12.0. The second-order valence-electron chi connectivity index (χ2n) is 6.67. The predicted molar refractivity (Wildman–Crippen MR) is 105 cm³/mol. The Bertz CT molecular complexity index is 1050. The van der Waals surface area contributed by atoms with Gasteiger partial charge in [-0.1, -0.05) is 6.07 Å². The van der Waals surface area contributed by atoms with Crippen molar-refractivity contribution in [1.82, 2.24) is 10.3 Å². The van der Waals surface area contributed by atoms with E-state index in [2.05, 4.69) is 15.6 Å². The van der Waals surface area contributed by atoms with Gasteiger partial charge in [0.2, 0.25) is 5.91 Å². The number of sulfone groups is 2. The van der Waals surface area contributed by atoms with Crippen molar-refractivity contribution in [3.63, 3.8) is 0 Å². The molecule has 1 aromatic carbocycles. The third-order valence-electron chi connectivity index (χ3n) is 4.47. The van der Waals surface area contributed by atoms with Crippen LogP contribution in [0, 0.1) is 0 Å². The molecule has 8 nitrogen and oxygen atoms in total. The van der Waals surface area contributed by atoms with E-state index in [9.17, 15) is 21.6 Å². The molecular weight excluding hydrogens is 402 g/mol. The van der Waals surface area contributed by atoms with Gasteiger partial charge in [-0.3, -0.25) is 9.78 Å². The number of amides is 1. The molecule has 1 fully saturated rings. The first-order chi connectivity index (χ1) is 13.2. The zero-order chi connectivity index (χ0) is 20.4. The van der Waals surface area contributed by atoms with Crippen LogP contribution in [0.15, 0.2) is 53.6 Å². The molecule has 1 amide bonds. The maximum Gasteiger partial charge on any atom is 0.221 e. The maximum absolute atomic E-state index is 13.1. The summed E-state index contributed by atoms with van der Waals surface area (Å²) in [6.07, 6.45) is 1.62. The third kappa shape index (κ3) is 4.75. The molecule has 1 aromatic heterocycles. The van der Waals surface area contributed by atoms with Crippen LogP contribution in [0.3, 0.4) is 0 Å². The van der Waals surface area contributed by atoms with Gasteiger partial charge in [-0.2, -0.15) is 0 Å². The van der Waals surface area contributed by atoms with Crippen molar-refractivity contribution >= 4 is 31.3 Å². The van der Waals surface area contributed by atoms with Gasteiger partial charge in [0.05, 0.1) is 27.3 Å². The van der Waals surface area contributed by atoms with Crippen LogP contribution in [-0.2, 0) is 31.0 Å². The van der Waals surface area contributed by atoms with Gasteiger partial charge in [-0.05, 0) is 36.4 Å². The van der Waals surface area contributed by atoms with E-state index in [1.807, 2.05) is 0 Å². The molecule has 2 aromatic rings. The van der Waals surface area contributed by atoms with E-state index in [1.165, 1.54) is 31.2 Å². The third-order valence-corrected chi connectivity index (χ3v) is 8.64. The van der Waals surface area contributed by atoms with Crippen LogP contribution in [-0.4, -0.2) is 50.5 Å². The van der Waals surface area contributed by atoms with Gasteiger partial charge >= 0.3 is 0 Å². The number of pyridine rings is 1. The minimum absolute atomic E-state index is 0.0216. The molecule has 2 N–H and O–H groups in total. The molecule has 2 heterocycles. The van der Waals surface area contributed by atoms with Gasteiger partial charge in [0.25, 0.3) is 0 Å². The van der Waals surface area contributed by atoms with Crippen LogP contribution < -0.4 is 10.6 Å². The molecule has 1 saturated heterocycles. The Morgan fingerprint density at radius 3 is 2.46 bits per heavy atom. The molecule has 28 heavy (non-hydrogen) atoms. The lowest BCUT2D eigenvalue weighted by Gasteiger charge is -2.20. The summed E-state index contributed by atoms with van der Waals surface area (Å²) in [5.74, 6) is -0.938. The van der Waals surface area contributed by atoms with Crippen molar-refractivity contribution in [2.45, 2.75) is 29.7 Å². The molecule has 1 aliphatic rings. The zero-order valence-electron chi connectivity index (χ0n) is 15.2. The molecule has 0 spiro atoms. The molecule has 0 aliphatic carbocycles. The summed E-state index contributed by atoms with van der Waals surface area (Å²) in [5.41, 5.74) is 1.16. The molecule has 3 rings (SSSR count). The van der Waals surface area contributed by atoms with Crippen LogP contribution in [0.5, 0.6) is 0 Å². The molecule has 0 radical (unpaired) electrons. The van der Waals surface area contributed by atoms with Crippen LogP contribution >= 0.6 is 0 Å². The number of carbonyl (C=O) groups is 1. The average molecular weight is 424 g/mol. The number of hydrogen-bond acceptors (Lipinski definition) is 7. The molecule has 0 saturated carbocycles. The fourth-order valence-electron chi connectivity index (χ4n) is 3.16. The molecular formula is C18H21N3O5S2. The van der Waals surface area contributed by atoms with Crippen molar-refractivity contribution in [3.05, 3.63) is 54.4 Å². The minimum atomic E-state index is -3.88. The van der Waals surface area contributed by atoms with Gasteiger partial charge in [-0.15, -0.1) is 0 Å². The number of rotatable bonds is 6. The summed E-state index contributed by atoms with van der Waals surface area (Å²) in [5, 5.41) is 4.51. The number of hydrogen-bond donors (Lipinski definition) is 2. The van der Waals surface area contributed by atoms with Crippen molar-refractivity contribution in [3.8, 4) is 0 Å². The van der Waals surface area contributed by atoms with E-state index in [0.717, 1.165) is 0 Å². The summed E-state index contributed by atoms with van der Waals surface area (Å²) < 4.78 is 50.4. The maximum atomic E-state index is 13.1. The van der Waals surface area contributed by atoms with Gasteiger partial charge in [-0.25, -0.2) is 16.8 Å². The van der Waals surface area contributed by atoms with Crippen LogP contribution in [0.1, 0.15) is 12.6 Å². The normalized spacial score (nSPS) is 21.3. The number of carbonyl (C=O) groups excluding carboxylic acids is 1. The zero-order valence-corrected chi connectivity index (χ0v) is 16.8. The lowest BCUT2D eigenvalue weighted by atomic mass is 10.2. The number of benzene rings is 1. The van der Waals surface area contributed by atoms with E-state index < -0.39 is 36.7 Å². The summed E-state index contributed by atoms with van der Waals surface area (Å²) in [4.78, 5) is 15.3. The summed E-state index contributed by atoms with van der Waals surface area (Å²) in [6, 6.07) is 10.3. The van der Waals surface area contributed by atoms with Gasteiger partial charge in [0.1, 0.15) is 0 Å². The molecule has 150 valence electrons. The Hall–Kier alpha value is -2.30. The molecule has 10 heteroatoms. The van der Waals surface area contributed by atoms with Gasteiger partial charge < -0.3 is 10.6 Å². The van der Waals surface area contributed by atoms with Crippen LogP contribution in [0.4, 0.5) is 5.69 Å². The molecule has 1 aliphatic heterocycles. The topological polar surface area (TPSA) is 122 Å². The molecule has 2 atom stereocenters. The standard InChI is InChI=1S/C18H21N3O5S2/c1-13(22)21-14-5-7-16(8-6-14)28(25,26)18-12-27(23,24)11-17(18)20-10-15-4-2-3-9-19-15/h2-9,17-18,20H,10-12H2,1H3,(H,21,22)/t17-,18-/m1/s1. The predicted octanol–water partition coefficient (Wildman–Crippen LogP) is 0.769. The Morgan fingerprint density at radius 2 is 1.86 bits per heavy atom. The highest BCUT2D eigenvalue weighted by molar-refractivity contribution is 7.96. The fraction of sp³-hybridized carbons (Fsp3) is 0.333. The first kappa shape index (κ1) is 20.4. The number of aromatic nitrogens is 1. The summed E-state index contributed by atoms with van der Waals surface area (Å²) in [6.45, 7) is 1.63. The average Bonchev–Trinajstić information content (AvgIpc) is 2.96. The monoisotopic (exact) mass is 423 g/mol. The van der Waals surface area contributed by atoms with Crippen molar-refractivity contribution in [1.29, 1.82) is 0 Å². The molecule has 0 unspecified atom stereocenters. The van der Waals surface area contributed by atoms with Gasteiger partial charge in [0, 0.05) is 31.4 Å². The number of nitrogens with one attached hydrogen (secondary N) is 2. The van der Waals surface area contributed by atoms with Crippen molar-refractivity contribution in [2.24, 2.45) is 0 Å². The number of nitrogens with zero attached hydrogens (tertiary/aromatic N) is 1. The SMILES string of the molecule is CC(=O)Nc1ccc(S(=O)(=O)[C@@H]2CS(=O)(=O)C[C@H]2NCc2ccccn2)cc1. The highest BCUT2D eigenvalue weighted by Gasteiger charge is 2.45.